The number of thiophene rings is 1. The highest BCUT2D eigenvalue weighted by atomic mass is 32.2. The molecular weight excluding hydrogens is 361 g/mol. The molecule has 136 valence electrons. The van der Waals surface area contributed by atoms with E-state index in [1.165, 1.54) is 12.1 Å². The molecule has 1 aliphatic rings. The number of hydrogen-bond acceptors (Lipinski definition) is 5. The Morgan fingerprint density at radius 3 is 2.44 bits per heavy atom. The number of piperazine rings is 1. The molecule has 1 aromatic carbocycles. The van der Waals surface area contributed by atoms with Crippen molar-refractivity contribution in [2.75, 3.05) is 39.8 Å². The molecule has 2 heterocycles. The minimum atomic E-state index is -3.66. The number of hydrogen-bond donors (Lipinski definition) is 1. The zero-order chi connectivity index (χ0) is 17.9. The maximum Gasteiger partial charge on any atom is 0.240 e. The highest BCUT2D eigenvalue weighted by molar-refractivity contribution is 7.89. The van der Waals surface area contributed by atoms with Crippen LogP contribution in [0.5, 0.6) is 0 Å². The van der Waals surface area contributed by atoms with Crippen LogP contribution in [0, 0.1) is 5.82 Å². The SMILES string of the molecule is CN1CCN(C(CNS(=O)(=O)c2ccc(F)cc2)c2cccs2)CC1. The molecule has 0 saturated carbocycles. The number of benzene rings is 1. The van der Waals surface area contributed by atoms with Crippen LogP contribution in [-0.2, 0) is 10.0 Å². The van der Waals surface area contributed by atoms with Crippen molar-refractivity contribution in [3.05, 3.63) is 52.5 Å². The van der Waals surface area contributed by atoms with Crippen LogP contribution in [-0.4, -0.2) is 58.0 Å². The molecule has 2 aromatic rings. The quantitative estimate of drug-likeness (QED) is 0.831. The van der Waals surface area contributed by atoms with Crippen molar-refractivity contribution in [3.63, 3.8) is 0 Å². The maximum atomic E-state index is 13.0. The first-order chi connectivity index (χ1) is 12.0. The van der Waals surface area contributed by atoms with Crippen molar-refractivity contribution in [2.24, 2.45) is 0 Å². The Morgan fingerprint density at radius 2 is 1.84 bits per heavy atom. The van der Waals surface area contributed by atoms with Crippen molar-refractivity contribution >= 4 is 21.4 Å². The summed E-state index contributed by atoms with van der Waals surface area (Å²) >= 11 is 1.63. The second kappa shape index (κ2) is 7.92. The van der Waals surface area contributed by atoms with Gasteiger partial charge >= 0.3 is 0 Å². The van der Waals surface area contributed by atoms with Crippen LogP contribution in [0.4, 0.5) is 4.39 Å². The second-order valence-electron chi connectivity index (χ2n) is 6.18. The fraction of sp³-hybridized carbons (Fsp3) is 0.412. The summed E-state index contributed by atoms with van der Waals surface area (Å²) < 4.78 is 40.7. The van der Waals surface area contributed by atoms with Crippen LogP contribution in [0.15, 0.2) is 46.7 Å². The van der Waals surface area contributed by atoms with E-state index in [0.717, 1.165) is 43.2 Å². The minimum Gasteiger partial charge on any atom is -0.304 e. The van der Waals surface area contributed by atoms with Crippen molar-refractivity contribution in [1.29, 1.82) is 0 Å². The molecular formula is C17H22FN3O2S2. The first kappa shape index (κ1) is 18.5. The van der Waals surface area contributed by atoms with Gasteiger partial charge in [-0.25, -0.2) is 17.5 Å². The highest BCUT2D eigenvalue weighted by Gasteiger charge is 2.26. The smallest absolute Gasteiger partial charge is 0.240 e. The van der Waals surface area contributed by atoms with Gasteiger partial charge in [0.2, 0.25) is 10.0 Å². The molecule has 0 radical (unpaired) electrons. The molecule has 5 nitrogen and oxygen atoms in total. The molecule has 0 aliphatic carbocycles. The summed E-state index contributed by atoms with van der Waals surface area (Å²) in [6.07, 6.45) is 0. The molecule has 25 heavy (non-hydrogen) atoms. The van der Waals surface area contributed by atoms with E-state index in [2.05, 4.69) is 21.6 Å². The van der Waals surface area contributed by atoms with E-state index in [0.29, 0.717) is 6.54 Å². The Kier molecular flexibility index (Phi) is 5.85. The van der Waals surface area contributed by atoms with Crippen molar-refractivity contribution in [3.8, 4) is 0 Å². The van der Waals surface area contributed by atoms with Gasteiger partial charge in [0.1, 0.15) is 5.82 Å². The fourth-order valence-corrected chi connectivity index (χ4v) is 4.81. The molecule has 8 heteroatoms. The molecule has 1 saturated heterocycles. The van der Waals surface area contributed by atoms with Gasteiger partial charge in [-0.1, -0.05) is 6.07 Å². The van der Waals surface area contributed by atoms with Crippen LogP contribution >= 0.6 is 11.3 Å². The van der Waals surface area contributed by atoms with E-state index in [1.54, 1.807) is 11.3 Å². The molecule has 0 spiro atoms. The number of nitrogens with zero attached hydrogens (tertiary/aromatic N) is 2. The fourth-order valence-electron chi connectivity index (χ4n) is 2.91. The van der Waals surface area contributed by atoms with Gasteiger partial charge in [-0.15, -0.1) is 11.3 Å². The summed E-state index contributed by atoms with van der Waals surface area (Å²) in [5.41, 5.74) is 0. The lowest BCUT2D eigenvalue weighted by atomic mass is 10.2. The Bertz CT molecular complexity index is 771. The van der Waals surface area contributed by atoms with Gasteiger partial charge in [-0.2, -0.15) is 0 Å². The van der Waals surface area contributed by atoms with E-state index in [1.807, 2.05) is 17.5 Å². The molecule has 1 fully saturated rings. The molecule has 1 atom stereocenters. The van der Waals surface area contributed by atoms with Gasteiger partial charge < -0.3 is 4.90 Å². The zero-order valence-corrected chi connectivity index (χ0v) is 15.7. The summed E-state index contributed by atoms with van der Waals surface area (Å²) in [6.45, 7) is 4.03. The summed E-state index contributed by atoms with van der Waals surface area (Å²) in [7, 11) is -1.57. The molecule has 1 aromatic heterocycles. The van der Waals surface area contributed by atoms with Gasteiger partial charge in [-0.3, -0.25) is 4.90 Å². The van der Waals surface area contributed by atoms with Crippen LogP contribution in [0.25, 0.3) is 0 Å². The van der Waals surface area contributed by atoms with E-state index in [9.17, 15) is 12.8 Å². The lowest BCUT2D eigenvalue weighted by molar-refractivity contribution is 0.114. The van der Waals surface area contributed by atoms with Crippen LogP contribution in [0.2, 0.25) is 0 Å². The Morgan fingerprint density at radius 1 is 1.16 bits per heavy atom. The van der Waals surface area contributed by atoms with Gasteiger partial charge in [0.05, 0.1) is 10.9 Å². The van der Waals surface area contributed by atoms with Crippen molar-refractivity contribution in [2.45, 2.75) is 10.9 Å². The third-order valence-corrected chi connectivity index (χ3v) is 6.85. The van der Waals surface area contributed by atoms with Crippen molar-refractivity contribution < 1.29 is 12.8 Å². The van der Waals surface area contributed by atoms with Crippen LogP contribution < -0.4 is 4.72 Å². The van der Waals surface area contributed by atoms with Gasteiger partial charge in [0.15, 0.2) is 0 Å². The Hall–Kier alpha value is -1.32. The van der Waals surface area contributed by atoms with Crippen LogP contribution in [0.3, 0.4) is 0 Å². The minimum absolute atomic E-state index is 0.00363. The number of halogens is 1. The van der Waals surface area contributed by atoms with E-state index < -0.39 is 15.8 Å². The maximum absolute atomic E-state index is 13.0. The van der Waals surface area contributed by atoms with Crippen molar-refractivity contribution in [1.82, 2.24) is 14.5 Å². The topological polar surface area (TPSA) is 52.6 Å². The zero-order valence-electron chi connectivity index (χ0n) is 14.1. The molecule has 3 rings (SSSR count). The van der Waals surface area contributed by atoms with E-state index in [4.69, 9.17) is 0 Å². The summed E-state index contributed by atoms with van der Waals surface area (Å²) in [5.74, 6) is -0.451. The molecule has 1 N–H and O–H groups in total. The number of sulfonamides is 1. The molecule has 1 aliphatic heterocycles. The third kappa shape index (κ3) is 4.65. The summed E-state index contributed by atoms with van der Waals surface area (Å²) in [6, 6.07) is 8.92. The van der Waals surface area contributed by atoms with E-state index >= 15 is 0 Å². The lowest BCUT2D eigenvalue weighted by Gasteiger charge is -2.37. The number of rotatable bonds is 6. The summed E-state index contributed by atoms with van der Waals surface area (Å²) in [4.78, 5) is 5.81. The normalized spacial score (nSPS) is 18.3. The average molecular weight is 384 g/mol. The predicted octanol–water partition coefficient (Wildman–Crippen LogP) is 2.15. The van der Waals surface area contributed by atoms with Gasteiger partial charge in [0, 0.05) is 37.6 Å². The van der Waals surface area contributed by atoms with E-state index in [-0.39, 0.29) is 10.9 Å². The average Bonchev–Trinajstić information content (AvgIpc) is 3.11. The highest BCUT2D eigenvalue weighted by Crippen LogP contribution is 2.26. The Labute approximate surface area is 152 Å². The molecule has 1 unspecified atom stereocenters. The Balaban J connectivity index is 1.73. The first-order valence-electron chi connectivity index (χ1n) is 8.17. The number of nitrogens with one attached hydrogen (secondary N) is 1. The third-order valence-electron chi connectivity index (χ3n) is 4.44. The largest absolute Gasteiger partial charge is 0.304 e. The van der Waals surface area contributed by atoms with Crippen LogP contribution in [0.1, 0.15) is 10.9 Å². The van der Waals surface area contributed by atoms with Gasteiger partial charge in [0.25, 0.3) is 0 Å². The predicted molar refractivity (Wildman–Crippen MR) is 97.7 cm³/mol. The van der Waals surface area contributed by atoms with Gasteiger partial charge in [-0.05, 0) is 42.8 Å². The standard InChI is InChI=1S/C17H22FN3O2S2/c1-20-8-10-21(11-9-20)16(17-3-2-12-24-17)13-19-25(22,23)15-6-4-14(18)5-7-15/h2-7,12,16,19H,8-11,13H2,1H3. The number of likely N-dealkylation sites (N-methyl/N-ethyl adjacent to an activating group) is 1. The summed E-state index contributed by atoms with van der Waals surface area (Å²) in [5, 5.41) is 2.01. The molecule has 0 amide bonds. The second-order valence-corrected chi connectivity index (χ2v) is 8.92. The monoisotopic (exact) mass is 383 g/mol. The first-order valence-corrected chi connectivity index (χ1v) is 10.5. The lowest BCUT2D eigenvalue weighted by Crippen LogP contribution is -2.48. The molecule has 0 bridgehead atoms.